The fourth-order valence-corrected chi connectivity index (χ4v) is 3.88. The Morgan fingerprint density at radius 2 is 1.54 bits per heavy atom. The summed E-state index contributed by atoms with van der Waals surface area (Å²) in [5.74, 6) is -1.92. The number of hydrogen-bond donors (Lipinski definition) is 1. The number of amides is 3. The van der Waals surface area contributed by atoms with Crippen LogP contribution in [0.2, 0.25) is 0 Å². The number of anilines is 2. The number of halogens is 1. The first-order chi connectivity index (χ1) is 16.8. The summed E-state index contributed by atoms with van der Waals surface area (Å²) in [4.78, 5) is 53.0. The van der Waals surface area contributed by atoms with E-state index >= 15 is 0 Å². The van der Waals surface area contributed by atoms with Crippen molar-refractivity contribution >= 4 is 46.7 Å². The first kappa shape index (κ1) is 24.4. The molecule has 0 aliphatic carbocycles. The summed E-state index contributed by atoms with van der Waals surface area (Å²) in [7, 11) is 0. The second kappa shape index (κ2) is 10.3. The molecule has 0 radical (unpaired) electrons. The van der Waals surface area contributed by atoms with Crippen molar-refractivity contribution in [2.24, 2.45) is 0 Å². The van der Waals surface area contributed by atoms with Crippen LogP contribution in [-0.2, 0) is 19.1 Å². The van der Waals surface area contributed by atoms with Gasteiger partial charge in [0.2, 0.25) is 0 Å². The number of rotatable bonds is 6. The Bertz CT molecular complexity index is 1180. The molecule has 2 aliphatic heterocycles. The average Bonchev–Trinajstić information content (AvgIpc) is 3.07. The third-order valence-electron chi connectivity index (χ3n) is 5.43. The number of ether oxygens (including phenoxy) is 2. The average molecular weight is 498 g/mol. The lowest BCUT2D eigenvalue weighted by atomic mass is 10.1. The van der Waals surface area contributed by atoms with Crippen LogP contribution in [0.5, 0.6) is 0 Å². The molecule has 2 heterocycles. The van der Waals surface area contributed by atoms with E-state index < -0.39 is 17.8 Å². The minimum Gasteiger partial charge on any atom is -0.459 e. The highest BCUT2D eigenvalue weighted by Gasteiger charge is 2.39. The molecule has 9 nitrogen and oxygen atoms in total. The van der Waals surface area contributed by atoms with Crippen molar-refractivity contribution in [3.05, 3.63) is 70.4 Å². The topological polar surface area (TPSA) is 105 Å². The summed E-state index contributed by atoms with van der Waals surface area (Å²) in [6.45, 7) is 5.57. The number of hydrogen-bond acceptors (Lipinski definition) is 7. The number of imide groups is 1. The molecule has 2 aromatic rings. The number of carbonyl (C=O) groups excluding carboxylic acids is 4. The van der Waals surface area contributed by atoms with Crippen LogP contribution in [-0.4, -0.2) is 61.0 Å². The summed E-state index contributed by atoms with van der Waals surface area (Å²) in [6.07, 6.45) is -0.271. The molecule has 1 fully saturated rings. The molecule has 1 saturated heterocycles. The van der Waals surface area contributed by atoms with Crippen LogP contribution < -0.4 is 10.2 Å². The first-order valence-corrected chi connectivity index (χ1v) is 11.5. The van der Waals surface area contributed by atoms with E-state index in [0.717, 1.165) is 4.90 Å². The van der Waals surface area contributed by atoms with Crippen molar-refractivity contribution < 1.29 is 28.7 Å². The summed E-state index contributed by atoms with van der Waals surface area (Å²) < 4.78 is 10.4. The van der Waals surface area contributed by atoms with Crippen LogP contribution in [0.25, 0.3) is 0 Å². The molecule has 3 amide bonds. The van der Waals surface area contributed by atoms with Gasteiger partial charge in [0.15, 0.2) is 0 Å². The Kier molecular flexibility index (Phi) is 7.18. The van der Waals surface area contributed by atoms with E-state index in [1.54, 1.807) is 43.0 Å². The van der Waals surface area contributed by atoms with Gasteiger partial charge in [-0.3, -0.25) is 14.4 Å². The van der Waals surface area contributed by atoms with Crippen LogP contribution in [0.1, 0.15) is 34.6 Å². The van der Waals surface area contributed by atoms with Gasteiger partial charge in [-0.2, -0.15) is 0 Å². The van der Waals surface area contributed by atoms with Crippen LogP contribution in [0.15, 0.2) is 59.3 Å². The molecule has 2 aromatic carbocycles. The van der Waals surface area contributed by atoms with Crippen molar-refractivity contribution in [2.75, 3.05) is 36.5 Å². The van der Waals surface area contributed by atoms with Gasteiger partial charge in [-0.05, 0) is 62.4 Å². The van der Waals surface area contributed by atoms with E-state index in [9.17, 15) is 19.2 Å². The van der Waals surface area contributed by atoms with E-state index in [1.165, 1.54) is 24.3 Å². The maximum atomic E-state index is 13.0. The van der Waals surface area contributed by atoms with E-state index in [-0.39, 0.29) is 28.4 Å². The van der Waals surface area contributed by atoms with Crippen LogP contribution in [0.4, 0.5) is 11.4 Å². The smallest absolute Gasteiger partial charge is 0.338 e. The third kappa shape index (κ3) is 5.21. The van der Waals surface area contributed by atoms with Crippen molar-refractivity contribution in [1.82, 2.24) is 4.90 Å². The van der Waals surface area contributed by atoms with Crippen molar-refractivity contribution in [3.8, 4) is 0 Å². The largest absolute Gasteiger partial charge is 0.459 e. The molecule has 0 saturated carbocycles. The Morgan fingerprint density at radius 3 is 2.14 bits per heavy atom. The Balaban J connectivity index is 1.46. The summed E-state index contributed by atoms with van der Waals surface area (Å²) in [6, 6.07) is 12.5. The maximum Gasteiger partial charge on any atom is 0.338 e. The maximum absolute atomic E-state index is 13.0. The number of esters is 1. The van der Waals surface area contributed by atoms with Crippen LogP contribution in [0, 0.1) is 0 Å². The second-order valence-corrected chi connectivity index (χ2v) is 8.62. The zero-order valence-electron chi connectivity index (χ0n) is 19.2. The van der Waals surface area contributed by atoms with Crippen LogP contribution >= 0.6 is 11.6 Å². The quantitative estimate of drug-likeness (QED) is 0.482. The fourth-order valence-electron chi connectivity index (χ4n) is 3.66. The van der Waals surface area contributed by atoms with E-state index in [4.69, 9.17) is 21.1 Å². The van der Waals surface area contributed by atoms with Crippen LogP contribution in [0.3, 0.4) is 0 Å². The zero-order chi connectivity index (χ0) is 25.1. The van der Waals surface area contributed by atoms with Crippen molar-refractivity contribution in [2.45, 2.75) is 20.0 Å². The SMILES string of the molecule is CC(C)OC(=O)c1ccc(N2C(=O)C(Cl)=C(Nc3ccc(C(=O)N4CCOCC4)cc3)C2=O)cc1. The Hall–Kier alpha value is -3.69. The van der Waals surface area contributed by atoms with Gasteiger partial charge in [0.25, 0.3) is 17.7 Å². The molecule has 0 aromatic heterocycles. The summed E-state index contributed by atoms with van der Waals surface area (Å²) >= 11 is 6.20. The molecule has 0 unspecified atom stereocenters. The monoisotopic (exact) mass is 497 g/mol. The number of benzene rings is 2. The molecule has 35 heavy (non-hydrogen) atoms. The van der Waals surface area contributed by atoms with Gasteiger partial charge in [0.1, 0.15) is 10.7 Å². The molecule has 0 bridgehead atoms. The number of nitrogens with zero attached hydrogens (tertiary/aromatic N) is 2. The molecule has 0 spiro atoms. The lowest BCUT2D eigenvalue weighted by molar-refractivity contribution is -0.120. The zero-order valence-corrected chi connectivity index (χ0v) is 20.0. The Labute approximate surface area is 207 Å². The lowest BCUT2D eigenvalue weighted by Crippen LogP contribution is -2.40. The fraction of sp³-hybridized carbons (Fsp3) is 0.280. The molecule has 4 rings (SSSR count). The summed E-state index contributed by atoms with van der Waals surface area (Å²) in [5, 5.41) is 2.63. The number of carbonyl (C=O) groups is 4. The van der Waals surface area contributed by atoms with Crippen molar-refractivity contribution in [3.63, 3.8) is 0 Å². The third-order valence-corrected chi connectivity index (χ3v) is 5.78. The molecular weight excluding hydrogens is 474 g/mol. The van der Waals surface area contributed by atoms with Gasteiger partial charge in [-0.15, -0.1) is 0 Å². The normalized spacial score (nSPS) is 16.2. The highest BCUT2D eigenvalue weighted by molar-refractivity contribution is 6.53. The lowest BCUT2D eigenvalue weighted by Gasteiger charge is -2.26. The van der Waals surface area contributed by atoms with Gasteiger partial charge in [0.05, 0.1) is 30.6 Å². The van der Waals surface area contributed by atoms with Gasteiger partial charge in [0, 0.05) is 24.3 Å². The minimum atomic E-state index is -0.684. The molecule has 182 valence electrons. The van der Waals surface area contributed by atoms with Gasteiger partial charge < -0.3 is 19.7 Å². The highest BCUT2D eigenvalue weighted by Crippen LogP contribution is 2.30. The van der Waals surface area contributed by atoms with Gasteiger partial charge in [-0.25, -0.2) is 9.69 Å². The minimum absolute atomic E-state index is 0.0767. The predicted octanol–water partition coefficient (Wildman–Crippen LogP) is 3.16. The van der Waals surface area contributed by atoms with E-state index in [0.29, 0.717) is 43.1 Å². The van der Waals surface area contributed by atoms with Gasteiger partial charge >= 0.3 is 5.97 Å². The van der Waals surface area contributed by atoms with E-state index in [1.807, 2.05) is 0 Å². The Morgan fingerprint density at radius 1 is 0.943 bits per heavy atom. The number of morpholine rings is 1. The number of nitrogens with one attached hydrogen (secondary N) is 1. The predicted molar refractivity (Wildman–Crippen MR) is 129 cm³/mol. The molecule has 1 N–H and O–H groups in total. The van der Waals surface area contributed by atoms with Crippen molar-refractivity contribution in [1.29, 1.82) is 0 Å². The molecule has 0 atom stereocenters. The molecular formula is C25H24ClN3O6. The molecule has 2 aliphatic rings. The second-order valence-electron chi connectivity index (χ2n) is 8.24. The highest BCUT2D eigenvalue weighted by atomic mass is 35.5. The van der Waals surface area contributed by atoms with Gasteiger partial charge in [-0.1, -0.05) is 11.6 Å². The standard InChI is InChI=1S/C25H24ClN3O6/c1-15(2)35-25(33)17-5-9-19(10-6-17)29-23(31)20(26)21(24(29)32)27-18-7-3-16(4-8-18)22(30)28-11-13-34-14-12-28/h3-10,15,27H,11-14H2,1-2H3. The molecule has 10 heteroatoms. The first-order valence-electron chi connectivity index (χ1n) is 11.1. The van der Waals surface area contributed by atoms with E-state index in [2.05, 4.69) is 5.32 Å². The summed E-state index contributed by atoms with van der Waals surface area (Å²) in [5.41, 5.74) is 1.48.